The van der Waals surface area contributed by atoms with E-state index in [1.807, 2.05) is 25.3 Å². The molecule has 2 fully saturated rings. The molecule has 2 saturated heterocycles. The smallest absolute Gasteiger partial charge is 0.332 e. The highest BCUT2D eigenvalue weighted by atomic mass is 35.5. The van der Waals surface area contributed by atoms with Crippen LogP contribution in [0.15, 0.2) is 53.7 Å². The van der Waals surface area contributed by atoms with Crippen LogP contribution in [0.5, 0.6) is 5.75 Å². The summed E-state index contributed by atoms with van der Waals surface area (Å²) < 4.78 is 3.00. The van der Waals surface area contributed by atoms with Crippen molar-refractivity contribution in [3.63, 3.8) is 0 Å². The summed E-state index contributed by atoms with van der Waals surface area (Å²) in [5.41, 5.74) is 5.11. The van der Waals surface area contributed by atoms with Crippen LogP contribution in [0, 0.1) is 6.92 Å². The Bertz CT molecular complexity index is 1750. The molecule has 4 aromatic rings. The molecule has 9 nitrogen and oxygen atoms in total. The number of hydrogen-bond donors (Lipinski definition) is 1. The fourth-order valence-electron chi connectivity index (χ4n) is 7.11. The summed E-state index contributed by atoms with van der Waals surface area (Å²) in [5.74, 6) is 1.03. The number of benzene rings is 1. The summed E-state index contributed by atoms with van der Waals surface area (Å²) in [4.78, 5) is 29.6. The first-order valence-electron chi connectivity index (χ1n) is 14.2. The maximum atomic E-state index is 12.5. The van der Waals surface area contributed by atoms with Crippen molar-refractivity contribution in [3.05, 3.63) is 70.1 Å². The van der Waals surface area contributed by atoms with Crippen molar-refractivity contribution in [1.29, 1.82) is 0 Å². The molecule has 0 amide bonds. The van der Waals surface area contributed by atoms with Gasteiger partial charge in [-0.2, -0.15) is 0 Å². The molecular weight excluding hydrogens is 538 g/mol. The maximum Gasteiger partial charge on any atom is 0.332 e. The standard InChI is InChI=1S/C31H34ClN7O2/c1-19-14-23(21-6-7-25(24(32)15-21)38-13-12-35(3)30(38)41)28(40)27(34-19)22-16-26-29(33-17-22)36(4)20(2)39-10-5-8-31(39)9-11-37(26)18-31/h6-7,12-17,20,40H,5,8-11,18H2,1-4H3. The summed E-state index contributed by atoms with van der Waals surface area (Å²) in [5, 5.41) is 12.0. The van der Waals surface area contributed by atoms with Gasteiger partial charge in [-0.1, -0.05) is 17.7 Å². The summed E-state index contributed by atoms with van der Waals surface area (Å²) >= 11 is 6.66. The fourth-order valence-corrected chi connectivity index (χ4v) is 7.39. The first kappa shape index (κ1) is 26.1. The second-order valence-electron chi connectivity index (χ2n) is 11.7. The van der Waals surface area contributed by atoms with Gasteiger partial charge in [-0.15, -0.1) is 0 Å². The van der Waals surface area contributed by atoms with Crippen LogP contribution in [0.3, 0.4) is 0 Å². The molecule has 0 aliphatic carbocycles. The van der Waals surface area contributed by atoms with Gasteiger partial charge in [0.15, 0.2) is 5.82 Å². The lowest BCUT2D eigenvalue weighted by Crippen LogP contribution is -2.56. The van der Waals surface area contributed by atoms with Crippen LogP contribution in [0.4, 0.5) is 11.5 Å². The van der Waals surface area contributed by atoms with Gasteiger partial charge in [0.05, 0.1) is 22.6 Å². The van der Waals surface area contributed by atoms with Gasteiger partial charge >= 0.3 is 5.69 Å². The molecule has 6 heterocycles. The topological polar surface area (TPSA) is 82.7 Å². The first-order chi connectivity index (χ1) is 19.7. The average Bonchev–Trinajstić information content (AvgIpc) is 3.68. The van der Waals surface area contributed by atoms with Crippen molar-refractivity contribution in [3.8, 4) is 33.8 Å². The van der Waals surface area contributed by atoms with E-state index in [-0.39, 0.29) is 23.1 Å². The Kier molecular flexibility index (Phi) is 5.96. The van der Waals surface area contributed by atoms with Crippen LogP contribution in [0.2, 0.25) is 5.02 Å². The maximum absolute atomic E-state index is 12.5. The molecular formula is C31H34ClN7O2. The molecule has 3 aromatic heterocycles. The molecule has 2 unspecified atom stereocenters. The van der Waals surface area contributed by atoms with Gasteiger partial charge in [0.1, 0.15) is 11.4 Å². The molecule has 10 heteroatoms. The normalized spacial score (nSPS) is 22.0. The third kappa shape index (κ3) is 3.97. The molecule has 1 aromatic carbocycles. The summed E-state index contributed by atoms with van der Waals surface area (Å²) in [7, 11) is 3.83. The van der Waals surface area contributed by atoms with E-state index in [9.17, 15) is 9.90 Å². The van der Waals surface area contributed by atoms with Gasteiger partial charge in [0.25, 0.3) is 0 Å². The molecule has 2 atom stereocenters. The third-order valence-corrected chi connectivity index (χ3v) is 9.68. The predicted molar refractivity (Wildman–Crippen MR) is 162 cm³/mol. The predicted octanol–water partition coefficient (Wildman–Crippen LogP) is 4.81. The second kappa shape index (κ2) is 9.36. The average molecular weight is 572 g/mol. The number of nitrogens with zero attached hydrogens (tertiary/aromatic N) is 7. The minimum atomic E-state index is -0.180. The van der Waals surface area contributed by atoms with Crippen LogP contribution in [0.1, 0.15) is 31.9 Å². The number of fused-ring (bicyclic) bond motifs is 3. The highest BCUT2D eigenvalue weighted by Crippen LogP contribution is 2.47. The molecule has 3 aliphatic heterocycles. The number of imidazole rings is 1. The molecule has 41 heavy (non-hydrogen) atoms. The number of hydrogen-bond acceptors (Lipinski definition) is 7. The van der Waals surface area contributed by atoms with E-state index in [1.54, 1.807) is 31.6 Å². The van der Waals surface area contributed by atoms with E-state index in [4.69, 9.17) is 21.6 Å². The van der Waals surface area contributed by atoms with Crippen molar-refractivity contribution in [2.45, 2.75) is 44.8 Å². The number of pyridine rings is 2. The summed E-state index contributed by atoms with van der Waals surface area (Å²) in [6, 6.07) is 9.44. The minimum Gasteiger partial charge on any atom is -0.505 e. The third-order valence-electron chi connectivity index (χ3n) is 9.38. The Labute approximate surface area is 244 Å². The molecule has 1 N–H and O–H groups in total. The lowest BCUT2D eigenvalue weighted by Gasteiger charge is -2.45. The molecule has 2 bridgehead atoms. The molecule has 7 rings (SSSR count). The highest BCUT2D eigenvalue weighted by molar-refractivity contribution is 6.32. The zero-order valence-electron chi connectivity index (χ0n) is 23.8. The quantitative estimate of drug-likeness (QED) is 0.378. The Hall–Kier alpha value is -3.82. The van der Waals surface area contributed by atoms with Gasteiger partial charge in [0.2, 0.25) is 0 Å². The SMILES string of the molecule is Cc1cc(-c2ccc(-n3ccn(C)c3=O)c(Cl)c2)c(O)c(-c2cnc3c(c2)N2CCC4(CCCN4C(C)N3C)C2)n1. The van der Waals surface area contributed by atoms with Gasteiger partial charge in [-0.25, -0.2) is 14.8 Å². The number of anilines is 2. The lowest BCUT2D eigenvalue weighted by molar-refractivity contribution is 0.109. The molecule has 0 saturated carbocycles. The van der Waals surface area contributed by atoms with Crippen molar-refractivity contribution in [2.24, 2.45) is 7.05 Å². The fraction of sp³-hybridized carbons (Fsp3) is 0.387. The Morgan fingerprint density at radius 2 is 1.88 bits per heavy atom. The second-order valence-corrected chi connectivity index (χ2v) is 12.1. The van der Waals surface area contributed by atoms with Crippen molar-refractivity contribution >= 4 is 23.1 Å². The molecule has 3 aliphatic rings. The number of aryl methyl sites for hydroxylation is 2. The number of halogens is 1. The molecule has 212 valence electrons. The largest absolute Gasteiger partial charge is 0.505 e. The lowest BCUT2D eigenvalue weighted by atomic mass is 9.94. The zero-order valence-corrected chi connectivity index (χ0v) is 24.6. The summed E-state index contributed by atoms with van der Waals surface area (Å²) in [6.45, 7) is 7.32. The van der Waals surface area contributed by atoms with E-state index in [2.05, 4.69) is 34.7 Å². The minimum absolute atomic E-state index is 0.0745. The van der Waals surface area contributed by atoms with Crippen molar-refractivity contribution in [2.75, 3.05) is 36.5 Å². The highest BCUT2D eigenvalue weighted by Gasteiger charge is 2.50. The van der Waals surface area contributed by atoms with Gasteiger partial charge < -0.3 is 19.5 Å². The van der Waals surface area contributed by atoms with E-state index in [1.165, 1.54) is 22.0 Å². The van der Waals surface area contributed by atoms with Crippen LogP contribution in [0.25, 0.3) is 28.1 Å². The van der Waals surface area contributed by atoms with Crippen LogP contribution < -0.4 is 15.5 Å². The monoisotopic (exact) mass is 571 g/mol. The summed E-state index contributed by atoms with van der Waals surface area (Å²) in [6.07, 6.45) is 9.07. The Morgan fingerprint density at radius 1 is 1.05 bits per heavy atom. The van der Waals surface area contributed by atoms with E-state index < -0.39 is 0 Å². The molecule has 0 radical (unpaired) electrons. The van der Waals surface area contributed by atoms with Crippen LogP contribution in [-0.2, 0) is 7.05 Å². The molecule has 1 spiro atoms. The van der Waals surface area contributed by atoms with E-state index in [0.717, 1.165) is 54.4 Å². The van der Waals surface area contributed by atoms with Crippen LogP contribution >= 0.6 is 11.6 Å². The zero-order chi connectivity index (χ0) is 28.6. The number of aromatic nitrogens is 4. The van der Waals surface area contributed by atoms with Gasteiger partial charge in [-0.05, 0) is 62.9 Å². The van der Waals surface area contributed by atoms with Gasteiger partial charge in [-0.3, -0.25) is 9.47 Å². The van der Waals surface area contributed by atoms with E-state index in [0.29, 0.717) is 22.0 Å². The van der Waals surface area contributed by atoms with Crippen molar-refractivity contribution < 1.29 is 5.11 Å². The Balaban J connectivity index is 1.30. The Morgan fingerprint density at radius 3 is 2.63 bits per heavy atom. The first-order valence-corrected chi connectivity index (χ1v) is 14.5. The van der Waals surface area contributed by atoms with Crippen molar-refractivity contribution in [1.82, 2.24) is 24.0 Å². The number of aromatic hydroxyl groups is 1. The van der Waals surface area contributed by atoms with Gasteiger partial charge in [0, 0.05) is 74.7 Å². The number of rotatable bonds is 3. The van der Waals surface area contributed by atoms with Crippen LogP contribution in [-0.4, -0.2) is 67.5 Å². The van der Waals surface area contributed by atoms with E-state index >= 15 is 0 Å².